The first kappa shape index (κ1) is 9.28. The number of hydrogen-bond acceptors (Lipinski definition) is 2. The van der Waals surface area contributed by atoms with E-state index in [9.17, 15) is 4.79 Å². The van der Waals surface area contributed by atoms with Crippen molar-refractivity contribution in [3.05, 3.63) is 42.0 Å². The minimum atomic E-state index is 0.0619. The Morgan fingerprint density at radius 1 is 1.14 bits per heavy atom. The predicted molar refractivity (Wildman–Crippen MR) is 61.2 cm³/mol. The normalized spacial score (nSPS) is 10.4. The zero-order valence-corrected chi connectivity index (χ0v) is 8.71. The molecule has 0 amide bonds. The Balaban J connectivity index is 2.90. The number of ketones is 1. The Labute approximate surface area is 88.2 Å². The molecule has 0 spiro atoms. The van der Waals surface area contributed by atoms with Gasteiger partial charge in [-0.2, -0.15) is 0 Å². The van der Waals surface area contributed by atoms with Crippen molar-refractivity contribution in [3.8, 4) is 0 Å². The molecule has 14 heavy (non-hydrogen) atoms. The second-order valence-corrected chi connectivity index (χ2v) is 3.72. The highest BCUT2D eigenvalue weighted by molar-refractivity contribution is 7.80. The molecule has 1 nitrogen and oxygen atoms in total. The molecule has 2 rings (SSSR count). The molecule has 0 saturated carbocycles. The summed E-state index contributed by atoms with van der Waals surface area (Å²) >= 11 is 4.29. The van der Waals surface area contributed by atoms with Crippen LogP contribution in [0.4, 0.5) is 0 Å². The lowest BCUT2D eigenvalue weighted by Crippen LogP contribution is -1.95. The molecule has 0 N–H and O–H groups in total. The maximum absolute atomic E-state index is 11.4. The quantitative estimate of drug-likeness (QED) is 0.554. The fourth-order valence-corrected chi connectivity index (χ4v) is 1.98. The lowest BCUT2D eigenvalue weighted by molar-refractivity contribution is 0.101. The molecule has 0 aliphatic heterocycles. The summed E-state index contributed by atoms with van der Waals surface area (Å²) in [4.78, 5) is 12.2. The van der Waals surface area contributed by atoms with Gasteiger partial charge in [-0.3, -0.25) is 4.79 Å². The summed E-state index contributed by atoms with van der Waals surface area (Å²) in [6.45, 7) is 1.57. The molecule has 0 fully saturated rings. The van der Waals surface area contributed by atoms with Crippen LogP contribution >= 0.6 is 12.6 Å². The Bertz CT molecular complexity index is 503. The van der Waals surface area contributed by atoms with E-state index in [4.69, 9.17) is 0 Å². The number of Topliss-reactive ketones (excluding diaryl/α,β-unsaturated/α-hetero) is 1. The first-order valence-electron chi connectivity index (χ1n) is 4.42. The second kappa shape index (κ2) is 3.46. The minimum absolute atomic E-state index is 0.0619. The molecule has 0 saturated heterocycles. The summed E-state index contributed by atoms with van der Waals surface area (Å²) < 4.78 is 0. The number of benzene rings is 2. The molecular formula is C12H10OS. The van der Waals surface area contributed by atoms with Gasteiger partial charge in [0.25, 0.3) is 0 Å². The zero-order chi connectivity index (χ0) is 10.1. The average molecular weight is 202 g/mol. The fraction of sp³-hybridized carbons (Fsp3) is 0.0833. The summed E-state index contributed by atoms with van der Waals surface area (Å²) in [7, 11) is 0. The van der Waals surface area contributed by atoms with Crippen LogP contribution in [0.15, 0.2) is 41.3 Å². The van der Waals surface area contributed by atoms with Crippen molar-refractivity contribution in [1.29, 1.82) is 0 Å². The number of hydrogen-bond donors (Lipinski definition) is 1. The molecule has 2 heteroatoms. The number of thiol groups is 1. The molecule has 0 unspecified atom stereocenters. The van der Waals surface area contributed by atoms with Crippen molar-refractivity contribution >= 4 is 29.2 Å². The van der Waals surface area contributed by atoms with Gasteiger partial charge in [-0.25, -0.2) is 0 Å². The summed E-state index contributed by atoms with van der Waals surface area (Å²) in [5.41, 5.74) is 0.714. The van der Waals surface area contributed by atoms with Crippen molar-refractivity contribution in [3.63, 3.8) is 0 Å². The molecule has 0 bridgehead atoms. The van der Waals surface area contributed by atoms with E-state index in [1.54, 1.807) is 6.92 Å². The van der Waals surface area contributed by atoms with E-state index in [1.807, 2.05) is 36.4 Å². The van der Waals surface area contributed by atoms with E-state index in [2.05, 4.69) is 12.6 Å². The molecule has 0 heterocycles. The monoisotopic (exact) mass is 202 g/mol. The molecule has 2 aromatic carbocycles. The zero-order valence-electron chi connectivity index (χ0n) is 7.82. The number of carbonyl (C=O) groups excluding carboxylic acids is 1. The minimum Gasteiger partial charge on any atom is -0.294 e. The Kier molecular flexibility index (Phi) is 2.30. The topological polar surface area (TPSA) is 17.1 Å². The van der Waals surface area contributed by atoms with Crippen LogP contribution in [0.3, 0.4) is 0 Å². The third-order valence-electron chi connectivity index (χ3n) is 2.26. The van der Waals surface area contributed by atoms with Crippen LogP contribution in [-0.2, 0) is 0 Å². The van der Waals surface area contributed by atoms with E-state index in [0.717, 1.165) is 15.7 Å². The van der Waals surface area contributed by atoms with Gasteiger partial charge in [0.1, 0.15) is 0 Å². The van der Waals surface area contributed by atoms with Crippen LogP contribution in [-0.4, -0.2) is 5.78 Å². The molecule has 0 aliphatic carbocycles. The lowest BCUT2D eigenvalue weighted by Gasteiger charge is -2.05. The summed E-state index contributed by atoms with van der Waals surface area (Å²) in [6.07, 6.45) is 0. The lowest BCUT2D eigenvalue weighted by atomic mass is 10.0. The largest absolute Gasteiger partial charge is 0.294 e. The maximum Gasteiger partial charge on any atom is 0.161 e. The van der Waals surface area contributed by atoms with E-state index in [-0.39, 0.29) is 5.78 Å². The summed E-state index contributed by atoms with van der Waals surface area (Å²) in [5.74, 6) is 0.0619. The average Bonchev–Trinajstić information content (AvgIpc) is 2.17. The highest BCUT2D eigenvalue weighted by atomic mass is 32.1. The van der Waals surface area contributed by atoms with Gasteiger partial charge < -0.3 is 0 Å². The van der Waals surface area contributed by atoms with Gasteiger partial charge in [-0.05, 0) is 23.8 Å². The first-order chi connectivity index (χ1) is 6.70. The SMILES string of the molecule is CC(=O)c1c(S)ccc2ccccc12. The maximum atomic E-state index is 11.4. The van der Waals surface area contributed by atoms with E-state index >= 15 is 0 Å². The number of rotatable bonds is 1. The number of carbonyl (C=O) groups is 1. The van der Waals surface area contributed by atoms with Crippen molar-refractivity contribution in [1.82, 2.24) is 0 Å². The van der Waals surface area contributed by atoms with Gasteiger partial charge >= 0.3 is 0 Å². The van der Waals surface area contributed by atoms with Gasteiger partial charge in [0.2, 0.25) is 0 Å². The first-order valence-corrected chi connectivity index (χ1v) is 4.86. The Morgan fingerprint density at radius 3 is 2.57 bits per heavy atom. The van der Waals surface area contributed by atoms with Gasteiger partial charge in [0.15, 0.2) is 5.78 Å². The second-order valence-electron chi connectivity index (χ2n) is 3.24. The van der Waals surface area contributed by atoms with Crippen molar-refractivity contribution in [2.24, 2.45) is 0 Å². The van der Waals surface area contributed by atoms with Crippen LogP contribution in [0, 0.1) is 0 Å². The summed E-state index contributed by atoms with van der Waals surface area (Å²) in [6, 6.07) is 11.7. The summed E-state index contributed by atoms with van der Waals surface area (Å²) in [5, 5.41) is 2.06. The molecule has 2 aromatic rings. The molecule has 0 atom stereocenters. The number of fused-ring (bicyclic) bond motifs is 1. The van der Waals surface area contributed by atoms with Crippen LogP contribution < -0.4 is 0 Å². The molecule has 70 valence electrons. The molecular weight excluding hydrogens is 192 g/mol. The van der Waals surface area contributed by atoms with Gasteiger partial charge in [-0.1, -0.05) is 30.3 Å². The highest BCUT2D eigenvalue weighted by Crippen LogP contribution is 2.25. The van der Waals surface area contributed by atoms with Crippen molar-refractivity contribution in [2.75, 3.05) is 0 Å². The molecule has 0 aromatic heterocycles. The fourth-order valence-electron chi connectivity index (χ4n) is 1.63. The smallest absolute Gasteiger partial charge is 0.161 e. The van der Waals surface area contributed by atoms with Crippen LogP contribution in [0.1, 0.15) is 17.3 Å². The van der Waals surface area contributed by atoms with Crippen LogP contribution in [0.25, 0.3) is 10.8 Å². The van der Waals surface area contributed by atoms with Crippen molar-refractivity contribution in [2.45, 2.75) is 11.8 Å². The van der Waals surface area contributed by atoms with Crippen molar-refractivity contribution < 1.29 is 4.79 Å². The van der Waals surface area contributed by atoms with E-state index < -0.39 is 0 Å². The standard InChI is InChI=1S/C12H10OS/c1-8(13)12-10-5-3-2-4-9(10)6-7-11(12)14/h2-7,14H,1H3. The van der Waals surface area contributed by atoms with E-state index in [0.29, 0.717) is 5.56 Å². The van der Waals surface area contributed by atoms with Gasteiger partial charge in [-0.15, -0.1) is 12.6 Å². The Morgan fingerprint density at radius 2 is 1.86 bits per heavy atom. The third-order valence-corrected chi connectivity index (χ3v) is 2.63. The van der Waals surface area contributed by atoms with Crippen LogP contribution in [0.2, 0.25) is 0 Å². The molecule has 0 aliphatic rings. The third kappa shape index (κ3) is 1.42. The molecule has 0 radical (unpaired) electrons. The predicted octanol–water partition coefficient (Wildman–Crippen LogP) is 3.33. The van der Waals surface area contributed by atoms with E-state index in [1.165, 1.54) is 0 Å². The highest BCUT2D eigenvalue weighted by Gasteiger charge is 2.08. The Hall–Kier alpha value is -1.28. The van der Waals surface area contributed by atoms with Gasteiger partial charge in [0, 0.05) is 10.5 Å². The van der Waals surface area contributed by atoms with Gasteiger partial charge in [0.05, 0.1) is 0 Å². The van der Waals surface area contributed by atoms with Crippen LogP contribution in [0.5, 0.6) is 0 Å².